The summed E-state index contributed by atoms with van der Waals surface area (Å²) in [4.78, 5) is 11.7. The second-order valence-electron chi connectivity index (χ2n) is 5.03. The number of carbonyl (C=O) groups is 1. The number of amides is 1. The van der Waals surface area contributed by atoms with E-state index in [0.717, 1.165) is 25.7 Å². The van der Waals surface area contributed by atoms with Crippen LogP contribution in [0.3, 0.4) is 0 Å². The highest BCUT2D eigenvalue weighted by molar-refractivity contribution is 7.85. The minimum absolute atomic E-state index is 0.0304. The van der Waals surface area contributed by atoms with Crippen LogP contribution in [-0.4, -0.2) is 14.9 Å². The summed E-state index contributed by atoms with van der Waals surface area (Å²) in [6.07, 6.45) is 8.04. The highest BCUT2D eigenvalue weighted by atomic mass is 32.2. The van der Waals surface area contributed by atoms with Gasteiger partial charge in [-0.1, -0.05) is 19.1 Å². The maximum atomic E-state index is 11.8. The zero-order valence-corrected chi connectivity index (χ0v) is 10.7. The maximum absolute atomic E-state index is 11.8. The van der Waals surface area contributed by atoms with Gasteiger partial charge < -0.3 is 0 Å². The smallest absolute Gasteiger partial charge is 0.235 e. The number of hydrogen-bond acceptors (Lipinski definition) is 2. The van der Waals surface area contributed by atoms with Gasteiger partial charge in [-0.3, -0.25) is 9.52 Å². The van der Waals surface area contributed by atoms with Crippen molar-refractivity contribution in [3.63, 3.8) is 0 Å². The summed E-state index contributed by atoms with van der Waals surface area (Å²) in [7, 11) is -1.18. The molecule has 0 aromatic carbocycles. The lowest BCUT2D eigenvalue weighted by molar-refractivity contribution is -0.120. The molecule has 2 fully saturated rings. The molecule has 0 saturated heterocycles. The Balaban J connectivity index is 1.78. The molecular weight excluding hydrogens is 222 g/mol. The number of nitrogens with one attached hydrogen (secondary N) is 1. The van der Waals surface area contributed by atoms with Crippen LogP contribution in [0.25, 0.3) is 0 Å². The molecule has 2 rings (SSSR count). The summed E-state index contributed by atoms with van der Waals surface area (Å²) < 4.78 is 14.3. The standard InChI is InChI=1S/C12H19NO2S/c1-3-4-5-9-8-10(9)11(14)13-16(15)12(2)6-7-12/h4-5,9-10H,3,6-8H2,1-2H3,(H,13,14)/b5-4-. The zero-order valence-electron chi connectivity index (χ0n) is 9.86. The third-order valence-corrected chi connectivity index (χ3v) is 5.08. The first-order chi connectivity index (χ1) is 7.57. The van der Waals surface area contributed by atoms with Gasteiger partial charge in [0.2, 0.25) is 5.91 Å². The van der Waals surface area contributed by atoms with Crippen LogP contribution in [0.4, 0.5) is 0 Å². The van der Waals surface area contributed by atoms with Crippen molar-refractivity contribution in [1.82, 2.24) is 4.72 Å². The van der Waals surface area contributed by atoms with Crippen LogP contribution < -0.4 is 4.72 Å². The molecule has 0 radical (unpaired) electrons. The van der Waals surface area contributed by atoms with E-state index >= 15 is 0 Å². The summed E-state index contributed by atoms with van der Waals surface area (Å²) in [5, 5.41) is 0. The number of allylic oxidation sites excluding steroid dienone is 2. The van der Waals surface area contributed by atoms with E-state index in [0.29, 0.717) is 5.92 Å². The molecule has 0 heterocycles. The van der Waals surface area contributed by atoms with Crippen molar-refractivity contribution in [3.05, 3.63) is 12.2 Å². The van der Waals surface area contributed by atoms with Gasteiger partial charge in [0.1, 0.15) is 11.0 Å². The molecule has 0 bridgehead atoms. The molecule has 2 aliphatic rings. The van der Waals surface area contributed by atoms with Crippen molar-refractivity contribution in [2.75, 3.05) is 0 Å². The van der Waals surface area contributed by atoms with Crippen LogP contribution in [-0.2, 0) is 15.8 Å². The van der Waals surface area contributed by atoms with Crippen LogP contribution in [0.15, 0.2) is 12.2 Å². The van der Waals surface area contributed by atoms with Gasteiger partial charge in [0.25, 0.3) is 0 Å². The van der Waals surface area contributed by atoms with Crippen molar-refractivity contribution < 1.29 is 9.00 Å². The van der Waals surface area contributed by atoms with Gasteiger partial charge in [0, 0.05) is 5.92 Å². The molecule has 3 unspecified atom stereocenters. The molecule has 2 aliphatic carbocycles. The van der Waals surface area contributed by atoms with Crippen molar-refractivity contribution in [3.8, 4) is 0 Å². The first kappa shape index (κ1) is 11.8. The quantitative estimate of drug-likeness (QED) is 0.747. The lowest BCUT2D eigenvalue weighted by Crippen LogP contribution is -2.34. The second-order valence-corrected chi connectivity index (χ2v) is 6.75. The average molecular weight is 241 g/mol. The molecule has 1 N–H and O–H groups in total. The molecule has 0 spiro atoms. The van der Waals surface area contributed by atoms with E-state index in [1.165, 1.54) is 0 Å². The van der Waals surface area contributed by atoms with E-state index in [1.54, 1.807) is 0 Å². The molecule has 0 aromatic rings. The largest absolute Gasteiger partial charge is 0.274 e. The summed E-state index contributed by atoms with van der Waals surface area (Å²) >= 11 is 0. The SMILES string of the molecule is CC/C=C\C1CC1C(=O)NS(=O)C1(C)CC1. The average Bonchev–Trinajstić information content (AvgIpc) is 3.11. The second kappa shape index (κ2) is 4.32. The van der Waals surface area contributed by atoms with Gasteiger partial charge in [-0.25, -0.2) is 4.21 Å². The lowest BCUT2D eigenvalue weighted by atomic mass is 10.2. The van der Waals surface area contributed by atoms with Crippen LogP contribution in [0.5, 0.6) is 0 Å². The fourth-order valence-corrected chi connectivity index (χ4v) is 2.74. The molecule has 4 heteroatoms. The summed E-state index contributed by atoms with van der Waals surface area (Å²) in [6, 6.07) is 0. The Morgan fingerprint density at radius 2 is 2.25 bits per heavy atom. The van der Waals surface area contributed by atoms with Crippen LogP contribution in [0, 0.1) is 11.8 Å². The van der Waals surface area contributed by atoms with E-state index in [9.17, 15) is 9.00 Å². The number of hydrogen-bond donors (Lipinski definition) is 1. The summed E-state index contributed by atoms with van der Waals surface area (Å²) in [6.45, 7) is 4.04. The lowest BCUT2D eigenvalue weighted by Gasteiger charge is -2.09. The van der Waals surface area contributed by atoms with Crippen LogP contribution in [0.2, 0.25) is 0 Å². The van der Waals surface area contributed by atoms with Gasteiger partial charge >= 0.3 is 0 Å². The summed E-state index contributed by atoms with van der Waals surface area (Å²) in [5.41, 5.74) is 0. The molecule has 90 valence electrons. The predicted octanol–water partition coefficient (Wildman–Crippen LogP) is 1.92. The van der Waals surface area contributed by atoms with Crippen LogP contribution in [0.1, 0.15) is 39.5 Å². The van der Waals surface area contributed by atoms with Crippen molar-refractivity contribution in [1.29, 1.82) is 0 Å². The zero-order chi connectivity index (χ0) is 11.8. The van der Waals surface area contributed by atoms with E-state index in [1.807, 2.05) is 6.92 Å². The Kier molecular flexibility index (Phi) is 3.19. The number of rotatable bonds is 5. The van der Waals surface area contributed by atoms with Gasteiger partial charge in [-0.05, 0) is 38.5 Å². The van der Waals surface area contributed by atoms with E-state index in [-0.39, 0.29) is 16.6 Å². The van der Waals surface area contributed by atoms with E-state index in [4.69, 9.17) is 0 Å². The Bertz CT molecular complexity index is 347. The van der Waals surface area contributed by atoms with Crippen molar-refractivity contribution in [2.24, 2.45) is 11.8 Å². The minimum Gasteiger partial charge on any atom is -0.274 e. The first-order valence-electron chi connectivity index (χ1n) is 5.96. The molecule has 0 aliphatic heterocycles. The minimum atomic E-state index is -1.18. The highest BCUT2D eigenvalue weighted by Gasteiger charge is 2.47. The molecular formula is C12H19NO2S. The Hall–Kier alpha value is -0.640. The topological polar surface area (TPSA) is 46.2 Å². The Morgan fingerprint density at radius 1 is 1.56 bits per heavy atom. The van der Waals surface area contributed by atoms with Crippen molar-refractivity contribution >= 4 is 16.9 Å². The van der Waals surface area contributed by atoms with Crippen LogP contribution >= 0.6 is 0 Å². The van der Waals surface area contributed by atoms with Gasteiger partial charge in [0.15, 0.2) is 0 Å². The summed E-state index contributed by atoms with van der Waals surface area (Å²) in [5.74, 6) is 0.412. The van der Waals surface area contributed by atoms with E-state index < -0.39 is 11.0 Å². The molecule has 2 saturated carbocycles. The fourth-order valence-electron chi connectivity index (χ4n) is 1.69. The number of carbonyl (C=O) groups excluding carboxylic acids is 1. The van der Waals surface area contributed by atoms with Crippen molar-refractivity contribution in [2.45, 2.75) is 44.3 Å². The molecule has 1 amide bonds. The molecule has 0 aromatic heterocycles. The molecule has 3 atom stereocenters. The Morgan fingerprint density at radius 3 is 2.81 bits per heavy atom. The van der Waals surface area contributed by atoms with Gasteiger partial charge in [-0.2, -0.15) is 0 Å². The molecule has 3 nitrogen and oxygen atoms in total. The first-order valence-corrected chi connectivity index (χ1v) is 7.11. The van der Waals surface area contributed by atoms with E-state index in [2.05, 4.69) is 23.8 Å². The normalized spacial score (nSPS) is 32.4. The highest BCUT2D eigenvalue weighted by Crippen LogP contribution is 2.42. The molecule has 16 heavy (non-hydrogen) atoms. The van der Waals surface area contributed by atoms with Gasteiger partial charge in [-0.15, -0.1) is 0 Å². The fraction of sp³-hybridized carbons (Fsp3) is 0.750. The third-order valence-electron chi connectivity index (χ3n) is 3.39. The van der Waals surface area contributed by atoms with Gasteiger partial charge in [0.05, 0.1) is 4.75 Å². The maximum Gasteiger partial charge on any atom is 0.235 e. The predicted molar refractivity (Wildman–Crippen MR) is 65.0 cm³/mol. The monoisotopic (exact) mass is 241 g/mol. The third kappa shape index (κ3) is 2.54. The Labute approximate surface area is 99.3 Å².